The molecule has 0 saturated carbocycles. The lowest BCUT2D eigenvalue weighted by Crippen LogP contribution is -2.28. The number of halogens is 1. The molecule has 0 saturated heterocycles. The number of rotatable bonds is 8. The minimum atomic E-state index is -0.231. The lowest BCUT2D eigenvalue weighted by Gasteiger charge is -2.25. The maximum absolute atomic E-state index is 13.9. The zero-order chi connectivity index (χ0) is 14.3. The topological polar surface area (TPSA) is 21.3 Å². The maximum atomic E-state index is 13.9. The van der Waals surface area contributed by atoms with Gasteiger partial charge in [0.15, 0.2) is 0 Å². The minimum Gasteiger partial charge on any atom is -0.369 e. The highest BCUT2D eigenvalue weighted by Crippen LogP contribution is 2.23. The molecular formula is C16H26FNO. The van der Waals surface area contributed by atoms with Crippen LogP contribution in [0, 0.1) is 11.7 Å². The summed E-state index contributed by atoms with van der Waals surface area (Å²) >= 11 is 0. The first-order valence-electron chi connectivity index (χ1n) is 7.16. The van der Waals surface area contributed by atoms with Gasteiger partial charge in [-0.3, -0.25) is 0 Å². The quantitative estimate of drug-likeness (QED) is 0.721. The molecule has 1 rings (SSSR count). The largest absolute Gasteiger partial charge is 0.369 e. The van der Waals surface area contributed by atoms with Gasteiger partial charge in [0.05, 0.1) is 12.2 Å². The van der Waals surface area contributed by atoms with Crippen LogP contribution < -0.4 is 5.32 Å². The number of hydrogen-bond donors (Lipinski definition) is 1. The predicted octanol–water partition coefficient (Wildman–Crippen LogP) is 3.93. The fourth-order valence-corrected chi connectivity index (χ4v) is 1.79. The van der Waals surface area contributed by atoms with Gasteiger partial charge in [-0.2, -0.15) is 0 Å². The molecule has 1 N–H and O–H groups in total. The Kier molecular flexibility index (Phi) is 7.03. The van der Waals surface area contributed by atoms with Gasteiger partial charge in [0.1, 0.15) is 5.82 Å². The van der Waals surface area contributed by atoms with Crippen molar-refractivity contribution in [2.45, 2.75) is 46.3 Å². The van der Waals surface area contributed by atoms with Crippen LogP contribution in [0.25, 0.3) is 0 Å². The molecular weight excluding hydrogens is 241 g/mol. The summed E-state index contributed by atoms with van der Waals surface area (Å²) in [6.45, 7) is 9.95. The molecule has 3 heteroatoms. The highest BCUT2D eigenvalue weighted by molar-refractivity contribution is 5.20. The third kappa shape index (κ3) is 5.29. The molecule has 0 aromatic heterocycles. The zero-order valence-corrected chi connectivity index (χ0v) is 12.4. The van der Waals surface area contributed by atoms with Gasteiger partial charge >= 0.3 is 0 Å². The summed E-state index contributed by atoms with van der Waals surface area (Å²) in [5.41, 5.74) is 0.638. The normalized spacial score (nSPS) is 14.6. The zero-order valence-electron chi connectivity index (χ0n) is 12.4. The lowest BCUT2D eigenvalue weighted by molar-refractivity contribution is -0.0273. The van der Waals surface area contributed by atoms with Gasteiger partial charge in [-0.15, -0.1) is 0 Å². The van der Waals surface area contributed by atoms with E-state index in [4.69, 9.17) is 4.74 Å². The third-order valence-electron chi connectivity index (χ3n) is 3.33. The second-order valence-electron chi connectivity index (χ2n) is 5.30. The van der Waals surface area contributed by atoms with Gasteiger partial charge in [0, 0.05) is 12.1 Å². The standard InChI is InChI=1S/C16H26FNO/c1-5-10-18-11-16(19-13(4)12(2)3)14-8-6-7-9-15(14)17/h6-9,12-13,16,18H,5,10-11H2,1-4H3. The van der Waals surface area contributed by atoms with E-state index in [0.29, 0.717) is 18.0 Å². The lowest BCUT2D eigenvalue weighted by atomic mass is 10.1. The van der Waals surface area contributed by atoms with E-state index in [1.807, 2.05) is 13.0 Å². The SMILES string of the molecule is CCCNCC(OC(C)C(C)C)c1ccccc1F. The Labute approximate surface area is 116 Å². The third-order valence-corrected chi connectivity index (χ3v) is 3.33. The molecule has 0 aliphatic carbocycles. The summed E-state index contributed by atoms with van der Waals surface area (Å²) in [5, 5.41) is 3.31. The van der Waals surface area contributed by atoms with Crippen molar-refractivity contribution in [3.63, 3.8) is 0 Å². The van der Waals surface area contributed by atoms with Crippen molar-refractivity contribution in [3.05, 3.63) is 35.6 Å². The molecule has 0 aliphatic heterocycles. The van der Waals surface area contributed by atoms with E-state index >= 15 is 0 Å². The van der Waals surface area contributed by atoms with Crippen LogP contribution >= 0.6 is 0 Å². The van der Waals surface area contributed by atoms with Crippen molar-refractivity contribution >= 4 is 0 Å². The first kappa shape index (κ1) is 16.1. The molecule has 0 bridgehead atoms. The highest BCUT2D eigenvalue weighted by Gasteiger charge is 2.20. The Balaban J connectivity index is 2.77. The predicted molar refractivity (Wildman–Crippen MR) is 77.7 cm³/mol. The first-order valence-corrected chi connectivity index (χ1v) is 7.16. The fraction of sp³-hybridized carbons (Fsp3) is 0.625. The number of ether oxygens (including phenoxy) is 1. The van der Waals surface area contributed by atoms with Crippen LogP contribution in [0.3, 0.4) is 0 Å². The molecule has 108 valence electrons. The molecule has 1 aromatic carbocycles. The van der Waals surface area contributed by atoms with Gasteiger partial charge in [0.25, 0.3) is 0 Å². The van der Waals surface area contributed by atoms with E-state index < -0.39 is 0 Å². The van der Waals surface area contributed by atoms with Crippen molar-refractivity contribution in [2.24, 2.45) is 5.92 Å². The van der Waals surface area contributed by atoms with E-state index in [-0.39, 0.29) is 18.0 Å². The Bertz CT molecular complexity index is 368. The van der Waals surface area contributed by atoms with Gasteiger partial charge in [-0.05, 0) is 31.9 Å². The van der Waals surface area contributed by atoms with Crippen molar-refractivity contribution < 1.29 is 9.13 Å². The van der Waals surface area contributed by atoms with E-state index in [2.05, 4.69) is 26.1 Å². The van der Waals surface area contributed by atoms with Crippen LogP contribution in [-0.4, -0.2) is 19.2 Å². The molecule has 2 atom stereocenters. The highest BCUT2D eigenvalue weighted by atomic mass is 19.1. The van der Waals surface area contributed by atoms with Crippen LogP contribution in [-0.2, 0) is 4.74 Å². The van der Waals surface area contributed by atoms with Gasteiger partial charge in [-0.1, -0.05) is 39.0 Å². The maximum Gasteiger partial charge on any atom is 0.129 e. The Morgan fingerprint density at radius 1 is 1.21 bits per heavy atom. The molecule has 0 amide bonds. The molecule has 0 radical (unpaired) electrons. The first-order chi connectivity index (χ1) is 9.06. The summed E-state index contributed by atoms with van der Waals surface area (Å²) in [7, 11) is 0. The smallest absolute Gasteiger partial charge is 0.129 e. The number of benzene rings is 1. The van der Waals surface area contributed by atoms with Crippen LogP contribution in [0.15, 0.2) is 24.3 Å². The van der Waals surface area contributed by atoms with Crippen LogP contribution in [0.4, 0.5) is 4.39 Å². The van der Waals surface area contributed by atoms with E-state index in [0.717, 1.165) is 13.0 Å². The van der Waals surface area contributed by atoms with Gasteiger partial charge < -0.3 is 10.1 Å². The van der Waals surface area contributed by atoms with Crippen molar-refractivity contribution in [3.8, 4) is 0 Å². The summed E-state index contributed by atoms with van der Waals surface area (Å²) in [6, 6.07) is 6.86. The Morgan fingerprint density at radius 3 is 2.47 bits per heavy atom. The fourth-order valence-electron chi connectivity index (χ4n) is 1.79. The number of nitrogens with one attached hydrogen (secondary N) is 1. The monoisotopic (exact) mass is 267 g/mol. The summed E-state index contributed by atoms with van der Waals surface area (Å²) < 4.78 is 19.9. The van der Waals surface area contributed by atoms with Crippen LogP contribution in [0.5, 0.6) is 0 Å². The molecule has 0 spiro atoms. The van der Waals surface area contributed by atoms with Gasteiger partial charge in [-0.25, -0.2) is 4.39 Å². The molecule has 2 nitrogen and oxygen atoms in total. The average Bonchev–Trinajstić information content (AvgIpc) is 2.38. The Hall–Kier alpha value is -0.930. The minimum absolute atomic E-state index is 0.105. The van der Waals surface area contributed by atoms with E-state index in [9.17, 15) is 4.39 Å². The van der Waals surface area contributed by atoms with Crippen molar-refractivity contribution in [1.82, 2.24) is 5.32 Å². The number of hydrogen-bond acceptors (Lipinski definition) is 2. The molecule has 2 unspecified atom stereocenters. The summed E-state index contributed by atoms with van der Waals surface area (Å²) in [6.07, 6.45) is 0.933. The molecule has 0 aliphatic rings. The van der Waals surface area contributed by atoms with Crippen molar-refractivity contribution in [1.29, 1.82) is 0 Å². The molecule has 1 aromatic rings. The van der Waals surface area contributed by atoms with Crippen LogP contribution in [0.1, 0.15) is 45.8 Å². The average molecular weight is 267 g/mol. The van der Waals surface area contributed by atoms with E-state index in [1.165, 1.54) is 6.07 Å². The second kappa shape index (κ2) is 8.28. The molecule has 0 heterocycles. The summed E-state index contributed by atoms with van der Waals surface area (Å²) in [4.78, 5) is 0. The summed E-state index contributed by atoms with van der Waals surface area (Å²) in [5.74, 6) is 0.224. The van der Waals surface area contributed by atoms with E-state index in [1.54, 1.807) is 12.1 Å². The Morgan fingerprint density at radius 2 is 1.89 bits per heavy atom. The molecule has 0 fully saturated rings. The van der Waals surface area contributed by atoms with Gasteiger partial charge in [0.2, 0.25) is 0 Å². The second-order valence-corrected chi connectivity index (χ2v) is 5.30. The van der Waals surface area contributed by atoms with Crippen LogP contribution in [0.2, 0.25) is 0 Å². The molecule has 19 heavy (non-hydrogen) atoms. The van der Waals surface area contributed by atoms with Crippen molar-refractivity contribution in [2.75, 3.05) is 13.1 Å².